The normalized spacial score (nSPS) is 17.3. The third-order valence-electron chi connectivity index (χ3n) is 4.51. The Morgan fingerprint density at radius 1 is 1.26 bits per heavy atom. The number of rotatable bonds is 8. The van der Waals surface area contributed by atoms with Crippen LogP contribution in [0.15, 0.2) is 29.3 Å². The zero-order chi connectivity index (χ0) is 19.5. The molecule has 1 aliphatic heterocycles. The summed E-state index contributed by atoms with van der Waals surface area (Å²) in [6.07, 6.45) is 4.45. The van der Waals surface area contributed by atoms with Crippen LogP contribution >= 0.6 is 0 Å². The van der Waals surface area contributed by atoms with Crippen LogP contribution in [-0.2, 0) is 16.0 Å². The van der Waals surface area contributed by atoms with E-state index in [0.29, 0.717) is 12.5 Å². The lowest BCUT2D eigenvalue weighted by molar-refractivity contribution is -0.127. The molecule has 1 unspecified atom stereocenters. The van der Waals surface area contributed by atoms with E-state index in [0.717, 1.165) is 38.2 Å². The number of benzene rings is 1. The van der Waals surface area contributed by atoms with Crippen LogP contribution in [0.4, 0.5) is 0 Å². The molecule has 1 saturated heterocycles. The monoisotopic (exact) mass is 376 g/mol. The zero-order valence-electron chi connectivity index (χ0n) is 16.7. The summed E-state index contributed by atoms with van der Waals surface area (Å²) in [5.74, 6) is 1.47. The predicted octanol–water partition coefficient (Wildman–Crippen LogP) is 1.43. The SMILES string of the molecule is COc1ccc(CCNC(=NCC(=O)N(C)C)NCC2CCCCO2)cc1. The Balaban J connectivity index is 1.85. The van der Waals surface area contributed by atoms with Crippen molar-refractivity contribution in [1.82, 2.24) is 15.5 Å². The van der Waals surface area contributed by atoms with E-state index < -0.39 is 0 Å². The van der Waals surface area contributed by atoms with Crippen molar-refractivity contribution >= 4 is 11.9 Å². The van der Waals surface area contributed by atoms with Gasteiger partial charge in [-0.1, -0.05) is 12.1 Å². The van der Waals surface area contributed by atoms with Crippen LogP contribution in [0.25, 0.3) is 0 Å². The van der Waals surface area contributed by atoms with Crippen molar-refractivity contribution in [3.63, 3.8) is 0 Å². The first-order valence-corrected chi connectivity index (χ1v) is 9.55. The van der Waals surface area contributed by atoms with E-state index in [1.807, 2.05) is 12.1 Å². The van der Waals surface area contributed by atoms with Crippen LogP contribution < -0.4 is 15.4 Å². The van der Waals surface area contributed by atoms with Crippen molar-refractivity contribution in [2.45, 2.75) is 31.8 Å². The lowest BCUT2D eigenvalue weighted by Crippen LogP contribution is -2.43. The molecule has 1 aromatic carbocycles. The minimum Gasteiger partial charge on any atom is -0.497 e. The smallest absolute Gasteiger partial charge is 0.243 e. The molecule has 2 rings (SSSR count). The van der Waals surface area contributed by atoms with Crippen molar-refractivity contribution in [3.8, 4) is 5.75 Å². The first kappa shape index (κ1) is 21.0. The van der Waals surface area contributed by atoms with E-state index in [1.165, 1.54) is 12.0 Å². The number of amides is 1. The van der Waals surface area contributed by atoms with E-state index >= 15 is 0 Å². The first-order chi connectivity index (χ1) is 13.1. The molecule has 1 atom stereocenters. The number of likely N-dealkylation sites (N-methyl/N-ethyl adjacent to an activating group) is 1. The second-order valence-electron chi connectivity index (χ2n) is 6.85. The number of guanidine groups is 1. The Bertz CT molecular complexity index is 596. The van der Waals surface area contributed by atoms with Crippen molar-refractivity contribution in [3.05, 3.63) is 29.8 Å². The fourth-order valence-electron chi connectivity index (χ4n) is 2.76. The van der Waals surface area contributed by atoms with E-state index in [9.17, 15) is 4.79 Å². The molecular formula is C20H32N4O3. The number of nitrogens with one attached hydrogen (secondary N) is 2. The quantitative estimate of drug-likeness (QED) is 0.530. The number of carbonyl (C=O) groups excluding carboxylic acids is 1. The van der Waals surface area contributed by atoms with Gasteiger partial charge in [-0.3, -0.25) is 4.79 Å². The summed E-state index contributed by atoms with van der Waals surface area (Å²) in [7, 11) is 5.13. The average molecular weight is 377 g/mol. The molecule has 0 saturated carbocycles. The lowest BCUT2D eigenvalue weighted by atomic mass is 10.1. The molecule has 0 radical (unpaired) electrons. The highest BCUT2D eigenvalue weighted by Crippen LogP contribution is 2.12. The molecule has 1 amide bonds. The predicted molar refractivity (Wildman–Crippen MR) is 107 cm³/mol. The number of hydrogen-bond acceptors (Lipinski definition) is 4. The molecule has 2 N–H and O–H groups in total. The van der Waals surface area contributed by atoms with Gasteiger partial charge in [0.15, 0.2) is 5.96 Å². The van der Waals surface area contributed by atoms with Crippen molar-refractivity contribution in [2.75, 3.05) is 47.4 Å². The Morgan fingerprint density at radius 2 is 2.04 bits per heavy atom. The maximum absolute atomic E-state index is 11.8. The van der Waals surface area contributed by atoms with Crippen LogP contribution in [0, 0.1) is 0 Å². The second-order valence-corrected chi connectivity index (χ2v) is 6.85. The van der Waals surface area contributed by atoms with Gasteiger partial charge in [0.1, 0.15) is 12.3 Å². The minimum absolute atomic E-state index is 0.0276. The first-order valence-electron chi connectivity index (χ1n) is 9.55. The molecule has 1 aliphatic rings. The fourth-order valence-corrected chi connectivity index (χ4v) is 2.76. The number of hydrogen-bond donors (Lipinski definition) is 2. The summed E-state index contributed by atoms with van der Waals surface area (Å²) in [6, 6.07) is 8.02. The van der Waals surface area contributed by atoms with Crippen molar-refractivity contribution in [2.24, 2.45) is 4.99 Å². The lowest BCUT2D eigenvalue weighted by Gasteiger charge is -2.24. The van der Waals surface area contributed by atoms with Gasteiger partial charge in [0.25, 0.3) is 0 Å². The largest absolute Gasteiger partial charge is 0.497 e. The summed E-state index contributed by atoms with van der Waals surface area (Å²) >= 11 is 0. The molecule has 0 aromatic heterocycles. The van der Waals surface area contributed by atoms with E-state index in [2.05, 4.69) is 27.8 Å². The zero-order valence-corrected chi connectivity index (χ0v) is 16.7. The fraction of sp³-hybridized carbons (Fsp3) is 0.600. The highest BCUT2D eigenvalue weighted by molar-refractivity contribution is 5.84. The van der Waals surface area contributed by atoms with E-state index in [-0.39, 0.29) is 18.6 Å². The van der Waals surface area contributed by atoms with Gasteiger partial charge in [-0.25, -0.2) is 4.99 Å². The Labute approximate surface area is 162 Å². The van der Waals surface area contributed by atoms with Gasteiger partial charge >= 0.3 is 0 Å². The van der Waals surface area contributed by atoms with Crippen molar-refractivity contribution in [1.29, 1.82) is 0 Å². The Kier molecular flexibility index (Phi) is 8.91. The molecule has 7 nitrogen and oxygen atoms in total. The summed E-state index contributed by atoms with van der Waals surface area (Å²) in [5, 5.41) is 6.62. The highest BCUT2D eigenvalue weighted by atomic mass is 16.5. The molecule has 0 bridgehead atoms. The minimum atomic E-state index is -0.0276. The number of aliphatic imine (C=N–C) groups is 1. The van der Waals surface area contributed by atoms with Crippen LogP contribution in [0.3, 0.4) is 0 Å². The summed E-state index contributed by atoms with van der Waals surface area (Å²) in [6.45, 7) is 2.36. The van der Waals surface area contributed by atoms with Crippen molar-refractivity contribution < 1.29 is 14.3 Å². The standard InChI is InChI=1S/C20H32N4O3/c1-24(2)19(25)15-23-20(22-14-18-6-4-5-13-27-18)21-12-11-16-7-9-17(26-3)10-8-16/h7-10,18H,4-6,11-15H2,1-3H3,(H2,21,22,23). The maximum Gasteiger partial charge on any atom is 0.243 e. The molecule has 1 fully saturated rings. The van der Waals surface area contributed by atoms with Gasteiger partial charge in [-0.2, -0.15) is 0 Å². The van der Waals surface area contributed by atoms with E-state index in [1.54, 1.807) is 26.1 Å². The summed E-state index contributed by atoms with van der Waals surface area (Å²) < 4.78 is 10.9. The van der Waals surface area contributed by atoms with Crippen LogP contribution in [0.1, 0.15) is 24.8 Å². The van der Waals surface area contributed by atoms with Gasteiger partial charge in [-0.15, -0.1) is 0 Å². The maximum atomic E-state index is 11.8. The average Bonchev–Trinajstić information content (AvgIpc) is 2.70. The molecule has 7 heteroatoms. The van der Waals surface area contributed by atoms with E-state index in [4.69, 9.17) is 9.47 Å². The van der Waals surface area contributed by atoms with Gasteiger partial charge in [0.05, 0.1) is 13.2 Å². The van der Waals surface area contributed by atoms with Crippen LogP contribution in [0.5, 0.6) is 5.75 Å². The highest BCUT2D eigenvalue weighted by Gasteiger charge is 2.14. The Hall–Kier alpha value is -2.28. The van der Waals surface area contributed by atoms with Gasteiger partial charge in [0.2, 0.25) is 5.91 Å². The summed E-state index contributed by atoms with van der Waals surface area (Å²) in [5.41, 5.74) is 1.21. The number of ether oxygens (including phenoxy) is 2. The molecule has 0 aliphatic carbocycles. The van der Waals surface area contributed by atoms with Crippen LogP contribution in [0.2, 0.25) is 0 Å². The molecule has 0 spiro atoms. The number of carbonyl (C=O) groups is 1. The Morgan fingerprint density at radius 3 is 2.67 bits per heavy atom. The summed E-state index contributed by atoms with van der Waals surface area (Å²) in [4.78, 5) is 17.8. The van der Waals surface area contributed by atoms with Gasteiger partial charge in [-0.05, 0) is 43.4 Å². The molecule has 150 valence electrons. The third-order valence-corrected chi connectivity index (χ3v) is 4.51. The number of methoxy groups -OCH3 is 1. The second kappa shape index (κ2) is 11.4. The third kappa shape index (κ3) is 7.86. The van der Waals surface area contributed by atoms with Gasteiger partial charge < -0.3 is 25.0 Å². The number of nitrogens with zero attached hydrogens (tertiary/aromatic N) is 2. The van der Waals surface area contributed by atoms with Gasteiger partial charge in [0, 0.05) is 33.8 Å². The molecule has 1 heterocycles. The topological polar surface area (TPSA) is 75.2 Å². The molecule has 1 aromatic rings. The van der Waals surface area contributed by atoms with Crippen LogP contribution in [-0.4, -0.2) is 70.3 Å². The molecular weight excluding hydrogens is 344 g/mol. The molecule has 27 heavy (non-hydrogen) atoms.